The number of hydrogen-bond donors (Lipinski definition) is 0. The van der Waals surface area contributed by atoms with Crippen molar-refractivity contribution in [1.82, 2.24) is 9.80 Å². The Morgan fingerprint density at radius 1 is 0.773 bits per heavy atom. The van der Waals surface area contributed by atoms with E-state index in [1.807, 2.05) is 0 Å². The smallest absolute Gasteiger partial charge is 0.350 e. The van der Waals surface area contributed by atoms with Crippen molar-refractivity contribution in [2.24, 2.45) is 4.99 Å². The van der Waals surface area contributed by atoms with Gasteiger partial charge in [-0.2, -0.15) is 4.99 Å². The molecule has 0 fully saturated rings. The van der Waals surface area contributed by atoms with Crippen LogP contribution in [0.25, 0.3) is 0 Å². The van der Waals surface area contributed by atoms with Crippen LogP contribution in [0.1, 0.15) is 0 Å². The average molecular weight is 309 g/mol. The highest BCUT2D eigenvalue weighted by Crippen LogP contribution is 2.02. The summed E-state index contributed by atoms with van der Waals surface area (Å²) in [6, 6.07) is -0.585. The number of hydrogen-bond acceptors (Lipinski definition) is 6. The first-order chi connectivity index (χ1) is 10.6. The van der Waals surface area contributed by atoms with Gasteiger partial charge in [0.25, 0.3) is 17.7 Å². The predicted octanol–water partition coefficient (Wildman–Crippen LogP) is -1.02. The van der Waals surface area contributed by atoms with E-state index >= 15 is 0 Å². The van der Waals surface area contributed by atoms with E-state index in [2.05, 4.69) is 4.99 Å². The van der Waals surface area contributed by atoms with Crippen molar-refractivity contribution >= 4 is 30.0 Å². The Morgan fingerprint density at radius 3 is 1.82 bits per heavy atom. The lowest BCUT2D eigenvalue weighted by atomic mass is 10.5. The van der Waals surface area contributed by atoms with Crippen LogP contribution in [-0.2, 0) is 23.9 Å². The Bertz CT molecular complexity index is 458. The number of imide groups is 2. The molecule has 118 valence electrons. The highest BCUT2D eigenvalue weighted by Gasteiger charge is 2.24. The molecule has 0 aromatic heterocycles. The number of amides is 5. The molecule has 9 nitrogen and oxygen atoms in total. The molecule has 0 aliphatic carbocycles. The standard InChI is InChI=1S/C13H15N3O6/c17-10-1-2-11(18)15(10)3-5-21-7-8-22-6-4-16-12(19)9-14-13(16)20/h1-2,9H,3-8H2. The molecule has 0 N–H and O–H groups in total. The number of urea groups is 1. The molecule has 0 radical (unpaired) electrons. The number of nitrogens with zero attached hydrogens (tertiary/aromatic N) is 3. The van der Waals surface area contributed by atoms with E-state index in [0.717, 1.165) is 16.0 Å². The van der Waals surface area contributed by atoms with Crippen LogP contribution in [0.4, 0.5) is 4.79 Å². The Morgan fingerprint density at radius 2 is 1.32 bits per heavy atom. The molecule has 0 saturated carbocycles. The highest BCUT2D eigenvalue weighted by atomic mass is 16.5. The lowest BCUT2D eigenvalue weighted by Gasteiger charge is -2.14. The molecule has 5 amide bonds. The zero-order valence-electron chi connectivity index (χ0n) is 11.8. The third-order valence-electron chi connectivity index (χ3n) is 2.97. The molecular formula is C13H15N3O6. The van der Waals surface area contributed by atoms with Crippen molar-refractivity contribution in [3.8, 4) is 0 Å². The van der Waals surface area contributed by atoms with E-state index in [-0.39, 0.29) is 51.3 Å². The molecule has 0 bridgehead atoms. The monoisotopic (exact) mass is 309 g/mol. The summed E-state index contributed by atoms with van der Waals surface area (Å²) in [5.41, 5.74) is 0. The molecule has 0 atom stereocenters. The number of aliphatic imine (C=N–C) groups is 1. The van der Waals surface area contributed by atoms with Gasteiger partial charge in [0, 0.05) is 12.2 Å². The van der Waals surface area contributed by atoms with E-state index in [0.29, 0.717) is 0 Å². The fourth-order valence-electron chi connectivity index (χ4n) is 1.84. The minimum Gasteiger partial charge on any atom is -0.377 e. The molecule has 0 aromatic rings. The largest absolute Gasteiger partial charge is 0.377 e. The normalized spacial score (nSPS) is 17.5. The van der Waals surface area contributed by atoms with E-state index in [1.54, 1.807) is 0 Å². The lowest BCUT2D eigenvalue weighted by molar-refractivity contribution is -0.137. The minimum absolute atomic E-state index is 0.139. The molecule has 0 unspecified atom stereocenters. The zero-order chi connectivity index (χ0) is 15.9. The molecule has 2 aliphatic heterocycles. The van der Waals surface area contributed by atoms with Crippen LogP contribution >= 0.6 is 0 Å². The van der Waals surface area contributed by atoms with Gasteiger partial charge >= 0.3 is 6.03 Å². The molecule has 22 heavy (non-hydrogen) atoms. The highest BCUT2D eigenvalue weighted by molar-refractivity contribution is 6.35. The quantitative estimate of drug-likeness (QED) is 0.398. The van der Waals surface area contributed by atoms with E-state index in [1.165, 1.54) is 12.2 Å². The summed E-state index contributed by atoms with van der Waals surface area (Å²) in [5, 5.41) is 0. The molecule has 2 rings (SSSR count). The van der Waals surface area contributed by atoms with Crippen LogP contribution in [0.15, 0.2) is 17.1 Å². The van der Waals surface area contributed by atoms with Gasteiger partial charge < -0.3 is 9.47 Å². The summed E-state index contributed by atoms with van der Waals surface area (Å²) < 4.78 is 10.5. The summed E-state index contributed by atoms with van der Waals surface area (Å²) in [7, 11) is 0. The number of carbonyl (C=O) groups excluding carboxylic acids is 4. The van der Waals surface area contributed by atoms with Gasteiger partial charge in [0.05, 0.1) is 45.7 Å². The number of ether oxygens (including phenoxy) is 2. The second-order valence-corrected chi connectivity index (χ2v) is 4.42. The zero-order valence-corrected chi connectivity index (χ0v) is 11.8. The minimum atomic E-state index is -0.585. The van der Waals surface area contributed by atoms with Gasteiger partial charge in [-0.1, -0.05) is 0 Å². The fourth-order valence-corrected chi connectivity index (χ4v) is 1.84. The van der Waals surface area contributed by atoms with Gasteiger partial charge in [0.15, 0.2) is 0 Å². The van der Waals surface area contributed by atoms with E-state index < -0.39 is 11.9 Å². The molecule has 0 aromatic carbocycles. The first-order valence-electron chi connectivity index (χ1n) is 6.68. The maximum absolute atomic E-state index is 11.2. The van der Waals surface area contributed by atoms with Crippen molar-refractivity contribution in [2.45, 2.75) is 0 Å². The van der Waals surface area contributed by atoms with Gasteiger partial charge in [0.1, 0.15) is 0 Å². The first-order valence-corrected chi connectivity index (χ1v) is 6.68. The van der Waals surface area contributed by atoms with Crippen molar-refractivity contribution in [3.63, 3.8) is 0 Å². The molecule has 0 spiro atoms. The summed E-state index contributed by atoms with van der Waals surface area (Å²) in [4.78, 5) is 50.2. The Hall–Kier alpha value is -2.39. The third-order valence-corrected chi connectivity index (χ3v) is 2.97. The van der Waals surface area contributed by atoms with Crippen LogP contribution in [0.2, 0.25) is 0 Å². The average Bonchev–Trinajstić information content (AvgIpc) is 2.98. The summed E-state index contributed by atoms with van der Waals surface area (Å²) in [6.07, 6.45) is 3.41. The second kappa shape index (κ2) is 7.57. The van der Waals surface area contributed by atoms with Crippen LogP contribution in [0.5, 0.6) is 0 Å². The van der Waals surface area contributed by atoms with Crippen LogP contribution in [-0.4, -0.2) is 79.3 Å². The van der Waals surface area contributed by atoms with Gasteiger partial charge in [-0.05, 0) is 0 Å². The van der Waals surface area contributed by atoms with E-state index in [4.69, 9.17) is 9.47 Å². The third kappa shape index (κ3) is 4.06. The molecule has 2 aliphatic rings. The topological polar surface area (TPSA) is 106 Å². The van der Waals surface area contributed by atoms with E-state index in [9.17, 15) is 19.2 Å². The van der Waals surface area contributed by atoms with Gasteiger partial charge in [-0.25, -0.2) is 4.79 Å². The Labute approximate surface area is 126 Å². The fraction of sp³-hybridized carbons (Fsp3) is 0.462. The van der Waals surface area contributed by atoms with Crippen molar-refractivity contribution in [1.29, 1.82) is 0 Å². The SMILES string of the molecule is O=C1C=CC(=O)N1CCOCCOCCN1C(=O)C=NC1=O. The van der Waals surface area contributed by atoms with Crippen LogP contribution in [0.3, 0.4) is 0 Å². The van der Waals surface area contributed by atoms with Crippen molar-refractivity contribution in [2.75, 3.05) is 39.5 Å². The van der Waals surface area contributed by atoms with Crippen molar-refractivity contribution < 1.29 is 28.7 Å². The maximum atomic E-state index is 11.2. The molecule has 9 heteroatoms. The van der Waals surface area contributed by atoms with Crippen LogP contribution in [0, 0.1) is 0 Å². The predicted molar refractivity (Wildman–Crippen MR) is 73.1 cm³/mol. The summed E-state index contributed by atoms with van der Waals surface area (Å²) in [6.45, 7) is 1.30. The first kappa shape index (κ1) is 16.0. The molecular weight excluding hydrogens is 294 g/mol. The molecule has 2 heterocycles. The number of rotatable bonds is 9. The Kier molecular flexibility index (Phi) is 5.50. The lowest BCUT2D eigenvalue weighted by Crippen LogP contribution is -2.34. The van der Waals surface area contributed by atoms with Gasteiger partial charge in [0.2, 0.25) is 0 Å². The Balaban J connectivity index is 1.47. The second-order valence-electron chi connectivity index (χ2n) is 4.42. The summed E-state index contributed by atoms with van der Waals surface area (Å²) >= 11 is 0. The summed E-state index contributed by atoms with van der Waals surface area (Å²) in [5.74, 6) is -1.13. The number of carbonyl (C=O) groups is 4. The van der Waals surface area contributed by atoms with Gasteiger partial charge in [-0.15, -0.1) is 0 Å². The van der Waals surface area contributed by atoms with Crippen molar-refractivity contribution in [3.05, 3.63) is 12.2 Å². The van der Waals surface area contributed by atoms with Crippen LogP contribution < -0.4 is 0 Å². The maximum Gasteiger partial charge on any atom is 0.350 e. The molecule has 0 saturated heterocycles. The van der Waals surface area contributed by atoms with Gasteiger partial charge in [-0.3, -0.25) is 24.2 Å².